The molecule has 0 aliphatic heterocycles. The predicted octanol–water partition coefficient (Wildman–Crippen LogP) is 3.59. The van der Waals surface area contributed by atoms with E-state index in [0.29, 0.717) is 6.04 Å². The van der Waals surface area contributed by atoms with Crippen molar-refractivity contribution in [3.05, 3.63) is 29.3 Å². The third-order valence-electron chi connectivity index (χ3n) is 3.29. The summed E-state index contributed by atoms with van der Waals surface area (Å²) in [6, 6.07) is 8.67. The van der Waals surface area contributed by atoms with Gasteiger partial charge in [-0.2, -0.15) is 0 Å². The van der Waals surface area contributed by atoms with Gasteiger partial charge in [-0.3, -0.25) is 0 Å². The fourth-order valence-electron chi connectivity index (χ4n) is 2.15. The lowest BCUT2D eigenvalue weighted by atomic mass is 10.00. The van der Waals surface area contributed by atoms with Gasteiger partial charge in [0.2, 0.25) is 0 Å². The zero-order valence-corrected chi connectivity index (χ0v) is 12.9. The molecule has 1 aromatic carbocycles. The van der Waals surface area contributed by atoms with Gasteiger partial charge in [-0.15, -0.1) is 11.3 Å². The van der Waals surface area contributed by atoms with E-state index in [9.17, 15) is 0 Å². The van der Waals surface area contributed by atoms with E-state index in [1.165, 1.54) is 4.70 Å². The van der Waals surface area contributed by atoms with Crippen LogP contribution < -0.4 is 5.32 Å². The Morgan fingerprint density at radius 1 is 1.37 bits per heavy atom. The topological polar surface area (TPSA) is 34.1 Å². The highest BCUT2D eigenvalue weighted by molar-refractivity contribution is 7.18. The third kappa shape index (κ3) is 4.00. The fourth-order valence-corrected chi connectivity index (χ4v) is 3.07. The van der Waals surface area contributed by atoms with Gasteiger partial charge in [0.1, 0.15) is 5.01 Å². The van der Waals surface area contributed by atoms with Crippen molar-refractivity contribution in [1.82, 2.24) is 10.3 Å². The molecular weight excluding hydrogens is 256 g/mol. The van der Waals surface area contributed by atoms with E-state index in [0.717, 1.165) is 23.5 Å². The SMILES string of the molecule is COC(C)(C)CC(C)NCc1nc2ccccc2s1. The Kier molecular flexibility index (Phi) is 4.55. The van der Waals surface area contributed by atoms with Crippen LogP contribution in [0.25, 0.3) is 10.2 Å². The molecule has 19 heavy (non-hydrogen) atoms. The number of hydrogen-bond acceptors (Lipinski definition) is 4. The summed E-state index contributed by atoms with van der Waals surface area (Å²) in [5.74, 6) is 0. The van der Waals surface area contributed by atoms with Crippen LogP contribution in [0.1, 0.15) is 32.2 Å². The maximum absolute atomic E-state index is 5.46. The van der Waals surface area contributed by atoms with Crippen molar-refractivity contribution in [3.63, 3.8) is 0 Å². The van der Waals surface area contributed by atoms with Crippen molar-refractivity contribution in [2.24, 2.45) is 0 Å². The summed E-state index contributed by atoms with van der Waals surface area (Å²) in [7, 11) is 1.76. The minimum Gasteiger partial charge on any atom is -0.379 e. The molecule has 2 aromatic rings. The van der Waals surface area contributed by atoms with Gasteiger partial charge >= 0.3 is 0 Å². The van der Waals surface area contributed by atoms with E-state index in [1.54, 1.807) is 18.4 Å². The standard InChI is InChI=1S/C15H22N2OS/c1-11(9-15(2,3)18-4)16-10-14-17-12-7-5-6-8-13(12)19-14/h5-8,11,16H,9-10H2,1-4H3. The molecule has 0 aliphatic carbocycles. The second kappa shape index (κ2) is 5.99. The summed E-state index contributed by atoms with van der Waals surface area (Å²) in [5, 5.41) is 4.66. The summed E-state index contributed by atoms with van der Waals surface area (Å²) in [4.78, 5) is 4.63. The highest BCUT2D eigenvalue weighted by atomic mass is 32.1. The van der Waals surface area contributed by atoms with E-state index < -0.39 is 0 Å². The Bertz CT molecular complexity index is 503. The molecule has 1 aromatic heterocycles. The molecular formula is C15H22N2OS. The number of rotatable bonds is 6. The maximum Gasteiger partial charge on any atom is 0.108 e. The van der Waals surface area contributed by atoms with Crippen LogP contribution in [0.5, 0.6) is 0 Å². The van der Waals surface area contributed by atoms with Crippen molar-refractivity contribution in [1.29, 1.82) is 0 Å². The highest BCUT2D eigenvalue weighted by Gasteiger charge is 2.19. The number of nitrogens with one attached hydrogen (secondary N) is 1. The predicted molar refractivity (Wildman–Crippen MR) is 81.6 cm³/mol. The van der Waals surface area contributed by atoms with Crippen LogP contribution >= 0.6 is 11.3 Å². The van der Waals surface area contributed by atoms with E-state index >= 15 is 0 Å². The molecule has 0 saturated heterocycles. The van der Waals surface area contributed by atoms with Crippen LogP contribution in [0.4, 0.5) is 0 Å². The zero-order valence-electron chi connectivity index (χ0n) is 12.1. The molecule has 0 bridgehead atoms. The zero-order chi connectivity index (χ0) is 13.9. The first kappa shape index (κ1) is 14.4. The van der Waals surface area contributed by atoms with Gasteiger partial charge in [-0.25, -0.2) is 4.98 Å². The lowest BCUT2D eigenvalue weighted by Gasteiger charge is -2.26. The molecule has 0 amide bonds. The van der Waals surface area contributed by atoms with Crippen LogP contribution in [0.2, 0.25) is 0 Å². The van der Waals surface area contributed by atoms with E-state index in [2.05, 4.69) is 49.3 Å². The van der Waals surface area contributed by atoms with Crippen molar-refractivity contribution in [2.75, 3.05) is 7.11 Å². The first-order valence-electron chi connectivity index (χ1n) is 6.63. The van der Waals surface area contributed by atoms with E-state index in [4.69, 9.17) is 4.74 Å². The van der Waals surface area contributed by atoms with Gasteiger partial charge in [0, 0.05) is 19.7 Å². The lowest BCUT2D eigenvalue weighted by molar-refractivity contribution is 0.00844. The van der Waals surface area contributed by atoms with Crippen molar-refractivity contribution in [2.45, 2.75) is 45.4 Å². The Labute approximate surface area is 119 Å². The Morgan fingerprint density at radius 3 is 2.79 bits per heavy atom. The molecule has 0 aliphatic rings. The number of benzene rings is 1. The number of nitrogens with zero attached hydrogens (tertiary/aromatic N) is 1. The smallest absolute Gasteiger partial charge is 0.108 e. The van der Waals surface area contributed by atoms with Crippen molar-refractivity contribution < 1.29 is 4.74 Å². The molecule has 104 valence electrons. The summed E-state index contributed by atoms with van der Waals surface area (Å²) in [6.07, 6.45) is 0.981. The number of hydrogen-bond donors (Lipinski definition) is 1. The number of aromatic nitrogens is 1. The summed E-state index contributed by atoms with van der Waals surface area (Å²) in [6.45, 7) is 7.24. The van der Waals surface area contributed by atoms with Gasteiger partial charge < -0.3 is 10.1 Å². The summed E-state index contributed by atoms with van der Waals surface area (Å²) >= 11 is 1.76. The largest absolute Gasteiger partial charge is 0.379 e. The minimum atomic E-state index is -0.0833. The minimum absolute atomic E-state index is 0.0833. The highest BCUT2D eigenvalue weighted by Crippen LogP contribution is 2.22. The monoisotopic (exact) mass is 278 g/mol. The number of para-hydroxylation sites is 1. The molecule has 3 nitrogen and oxygen atoms in total. The number of methoxy groups -OCH3 is 1. The molecule has 1 unspecified atom stereocenters. The molecule has 2 rings (SSSR count). The maximum atomic E-state index is 5.46. The van der Waals surface area contributed by atoms with Gasteiger partial charge in [-0.05, 0) is 39.3 Å². The molecule has 4 heteroatoms. The molecule has 0 radical (unpaired) electrons. The normalized spacial score (nSPS) is 13.9. The van der Waals surface area contributed by atoms with E-state index in [-0.39, 0.29) is 5.60 Å². The van der Waals surface area contributed by atoms with Crippen molar-refractivity contribution >= 4 is 21.6 Å². The Balaban J connectivity index is 1.91. The molecule has 0 saturated carbocycles. The number of fused-ring (bicyclic) bond motifs is 1. The first-order chi connectivity index (χ1) is 9.00. The molecule has 1 N–H and O–H groups in total. The van der Waals surface area contributed by atoms with E-state index in [1.807, 2.05) is 6.07 Å². The van der Waals surface area contributed by atoms with Crippen LogP contribution in [-0.4, -0.2) is 23.7 Å². The van der Waals surface area contributed by atoms with Gasteiger partial charge in [0.05, 0.1) is 15.8 Å². The Morgan fingerprint density at radius 2 is 2.11 bits per heavy atom. The van der Waals surface area contributed by atoms with Crippen molar-refractivity contribution in [3.8, 4) is 0 Å². The molecule has 1 heterocycles. The van der Waals surface area contributed by atoms with Crippen LogP contribution in [0.15, 0.2) is 24.3 Å². The quantitative estimate of drug-likeness (QED) is 0.877. The molecule has 0 spiro atoms. The number of ether oxygens (including phenoxy) is 1. The number of thiazole rings is 1. The van der Waals surface area contributed by atoms with Crippen LogP contribution in [0.3, 0.4) is 0 Å². The third-order valence-corrected chi connectivity index (χ3v) is 4.33. The van der Waals surface area contributed by atoms with Crippen LogP contribution in [-0.2, 0) is 11.3 Å². The van der Waals surface area contributed by atoms with Gasteiger partial charge in [-0.1, -0.05) is 12.1 Å². The summed E-state index contributed by atoms with van der Waals surface area (Å²) < 4.78 is 6.71. The average molecular weight is 278 g/mol. The van der Waals surface area contributed by atoms with Crippen LogP contribution in [0, 0.1) is 0 Å². The summed E-state index contributed by atoms with van der Waals surface area (Å²) in [5.41, 5.74) is 1.01. The Hall–Kier alpha value is -0.970. The second-order valence-corrected chi connectivity index (χ2v) is 6.64. The fraction of sp³-hybridized carbons (Fsp3) is 0.533. The first-order valence-corrected chi connectivity index (χ1v) is 7.45. The van der Waals surface area contributed by atoms with Gasteiger partial charge in [0.25, 0.3) is 0 Å². The second-order valence-electron chi connectivity index (χ2n) is 5.53. The lowest BCUT2D eigenvalue weighted by Crippen LogP contribution is -2.35. The molecule has 0 fully saturated rings. The molecule has 1 atom stereocenters. The van der Waals surface area contributed by atoms with Gasteiger partial charge in [0.15, 0.2) is 0 Å². The average Bonchev–Trinajstić information content (AvgIpc) is 2.78.